The SMILES string of the molecule is CCCc1cc(N2CCC(C(=O)O)CC2)nc(C(C)C)n1. The van der Waals surface area contributed by atoms with E-state index in [1.165, 1.54) is 0 Å². The van der Waals surface area contributed by atoms with Gasteiger partial charge in [0, 0.05) is 30.8 Å². The highest BCUT2D eigenvalue weighted by atomic mass is 16.4. The Hall–Kier alpha value is -1.65. The van der Waals surface area contributed by atoms with Crippen LogP contribution in [0.25, 0.3) is 0 Å². The molecule has 0 spiro atoms. The summed E-state index contributed by atoms with van der Waals surface area (Å²) < 4.78 is 0. The number of carboxylic acids is 1. The molecule has 5 heteroatoms. The van der Waals surface area contributed by atoms with E-state index in [4.69, 9.17) is 5.11 Å². The highest BCUT2D eigenvalue weighted by Gasteiger charge is 2.25. The van der Waals surface area contributed by atoms with E-state index in [9.17, 15) is 4.79 Å². The van der Waals surface area contributed by atoms with Gasteiger partial charge in [-0.3, -0.25) is 4.79 Å². The maximum Gasteiger partial charge on any atom is 0.306 e. The van der Waals surface area contributed by atoms with E-state index >= 15 is 0 Å². The van der Waals surface area contributed by atoms with E-state index in [1.807, 2.05) is 0 Å². The van der Waals surface area contributed by atoms with Gasteiger partial charge in [-0.15, -0.1) is 0 Å². The molecular weight excluding hydrogens is 266 g/mol. The first-order chi connectivity index (χ1) is 10.0. The molecule has 0 radical (unpaired) electrons. The van der Waals surface area contributed by atoms with Crippen LogP contribution in [-0.2, 0) is 11.2 Å². The zero-order chi connectivity index (χ0) is 15.4. The van der Waals surface area contributed by atoms with E-state index in [0.29, 0.717) is 18.8 Å². The fraction of sp³-hybridized carbons (Fsp3) is 0.688. The van der Waals surface area contributed by atoms with Crippen LogP contribution in [0.1, 0.15) is 57.5 Å². The lowest BCUT2D eigenvalue weighted by molar-refractivity contribution is -0.142. The second-order valence-electron chi connectivity index (χ2n) is 6.08. The number of carbonyl (C=O) groups is 1. The standard InChI is InChI=1S/C16H25N3O2/c1-4-5-13-10-14(18-15(17-13)11(2)3)19-8-6-12(7-9-19)16(20)21/h10-12H,4-9H2,1-3H3,(H,20,21). The van der Waals surface area contributed by atoms with Crippen molar-refractivity contribution in [2.75, 3.05) is 18.0 Å². The smallest absolute Gasteiger partial charge is 0.306 e. The molecule has 0 unspecified atom stereocenters. The van der Waals surface area contributed by atoms with Crippen LogP contribution >= 0.6 is 0 Å². The molecule has 1 saturated heterocycles. The number of anilines is 1. The third-order valence-electron chi connectivity index (χ3n) is 3.97. The highest BCUT2D eigenvalue weighted by molar-refractivity contribution is 5.70. The van der Waals surface area contributed by atoms with Crippen molar-refractivity contribution < 1.29 is 9.90 Å². The second kappa shape index (κ2) is 6.87. The fourth-order valence-corrected chi connectivity index (χ4v) is 2.66. The van der Waals surface area contributed by atoms with E-state index in [0.717, 1.165) is 43.3 Å². The lowest BCUT2D eigenvalue weighted by atomic mass is 9.97. The molecular formula is C16H25N3O2. The van der Waals surface area contributed by atoms with Gasteiger partial charge in [0.25, 0.3) is 0 Å². The highest BCUT2D eigenvalue weighted by Crippen LogP contribution is 2.24. The van der Waals surface area contributed by atoms with Crippen molar-refractivity contribution >= 4 is 11.8 Å². The second-order valence-corrected chi connectivity index (χ2v) is 6.08. The van der Waals surface area contributed by atoms with Crippen molar-refractivity contribution in [1.82, 2.24) is 9.97 Å². The molecule has 2 heterocycles. The third-order valence-corrected chi connectivity index (χ3v) is 3.97. The number of aryl methyl sites for hydroxylation is 1. The molecule has 1 N–H and O–H groups in total. The molecule has 1 aromatic rings. The summed E-state index contributed by atoms with van der Waals surface area (Å²) in [6.07, 6.45) is 3.41. The van der Waals surface area contributed by atoms with Crippen molar-refractivity contribution in [2.24, 2.45) is 5.92 Å². The Balaban J connectivity index is 2.17. The van der Waals surface area contributed by atoms with Gasteiger partial charge >= 0.3 is 5.97 Å². The molecule has 1 aromatic heterocycles. The van der Waals surface area contributed by atoms with Crippen molar-refractivity contribution in [3.05, 3.63) is 17.6 Å². The number of hydrogen-bond donors (Lipinski definition) is 1. The largest absolute Gasteiger partial charge is 0.481 e. The molecule has 0 saturated carbocycles. The van der Waals surface area contributed by atoms with Crippen LogP contribution < -0.4 is 4.90 Å². The zero-order valence-electron chi connectivity index (χ0n) is 13.2. The minimum absolute atomic E-state index is 0.206. The quantitative estimate of drug-likeness (QED) is 0.903. The fourth-order valence-electron chi connectivity index (χ4n) is 2.66. The van der Waals surface area contributed by atoms with Crippen LogP contribution in [-0.4, -0.2) is 34.1 Å². The van der Waals surface area contributed by atoms with Gasteiger partial charge in [-0.05, 0) is 19.3 Å². The maximum absolute atomic E-state index is 11.0. The van der Waals surface area contributed by atoms with Gasteiger partial charge in [-0.1, -0.05) is 27.2 Å². The predicted molar refractivity (Wildman–Crippen MR) is 82.7 cm³/mol. The number of nitrogens with zero attached hydrogens (tertiary/aromatic N) is 3. The third kappa shape index (κ3) is 3.93. The van der Waals surface area contributed by atoms with Gasteiger partial charge in [0.2, 0.25) is 0 Å². The first-order valence-corrected chi connectivity index (χ1v) is 7.86. The molecule has 0 atom stereocenters. The Labute approximate surface area is 126 Å². The van der Waals surface area contributed by atoms with Gasteiger partial charge in [0.05, 0.1) is 5.92 Å². The van der Waals surface area contributed by atoms with Crippen LogP contribution in [0.2, 0.25) is 0 Å². The summed E-state index contributed by atoms with van der Waals surface area (Å²) in [6.45, 7) is 7.88. The average molecular weight is 291 g/mol. The minimum Gasteiger partial charge on any atom is -0.481 e. The number of piperidine rings is 1. The predicted octanol–water partition coefficient (Wildman–Crippen LogP) is 2.85. The monoisotopic (exact) mass is 291 g/mol. The number of hydrogen-bond acceptors (Lipinski definition) is 4. The van der Waals surface area contributed by atoms with Gasteiger partial charge in [-0.25, -0.2) is 9.97 Å². The van der Waals surface area contributed by atoms with Crippen LogP contribution in [0, 0.1) is 5.92 Å². The molecule has 1 aliphatic heterocycles. The first kappa shape index (κ1) is 15.7. The molecule has 1 fully saturated rings. The summed E-state index contributed by atoms with van der Waals surface area (Å²) >= 11 is 0. The number of carboxylic acid groups (broad SMARTS) is 1. The van der Waals surface area contributed by atoms with Crippen LogP contribution in [0.4, 0.5) is 5.82 Å². The molecule has 0 aromatic carbocycles. The summed E-state index contributed by atoms with van der Waals surface area (Å²) in [5.41, 5.74) is 1.09. The summed E-state index contributed by atoms with van der Waals surface area (Å²) in [5.74, 6) is 1.27. The Morgan fingerprint density at radius 3 is 2.57 bits per heavy atom. The van der Waals surface area contributed by atoms with Crippen LogP contribution in [0.15, 0.2) is 6.07 Å². The van der Waals surface area contributed by atoms with Gasteiger partial charge in [0.15, 0.2) is 0 Å². The molecule has 1 aliphatic rings. The van der Waals surface area contributed by atoms with Gasteiger partial charge in [0.1, 0.15) is 11.6 Å². The Morgan fingerprint density at radius 1 is 1.38 bits per heavy atom. The van der Waals surface area contributed by atoms with E-state index in [2.05, 4.69) is 41.7 Å². The molecule has 0 aliphatic carbocycles. The van der Waals surface area contributed by atoms with Crippen LogP contribution in [0.5, 0.6) is 0 Å². The number of rotatable bonds is 5. The summed E-state index contributed by atoms with van der Waals surface area (Å²) in [6, 6.07) is 2.07. The lowest BCUT2D eigenvalue weighted by Crippen LogP contribution is -2.37. The van der Waals surface area contributed by atoms with Crippen molar-refractivity contribution in [1.29, 1.82) is 0 Å². The molecule has 116 valence electrons. The van der Waals surface area contributed by atoms with Gasteiger partial charge in [-0.2, -0.15) is 0 Å². The van der Waals surface area contributed by atoms with Crippen LogP contribution in [0.3, 0.4) is 0 Å². The van der Waals surface area contributed by atoms with Crippen molar-refractivity contribution in [3.8, 4) is 0 Å². The first-order valence-electron chi connectivity index (χ1n) is 7.86. The lowest BCUT2D eigenvalue weighted by Gasteiger charge is -2.31. The Bertz CT molecular complexity index is 494. The maximum atomic E-state index is 11.0. The number of aliphatic carboxylic acids is 1. The van der Waals surface area contributed by atoms with E-state index < -0.39 is 5.97 Å². The zero-order valence-corrected chi connectivity index (χ0v) is 13.2. The summed E-state index contributed by atoms with van der Waals surface area (Å²) in [5, 5.41) is 9.08. The molecule has 0 amide bonds. The average Bonchev–Trinajstić information content (AvgIpc) is 2.47. The normalized spacial score (nSPS) is 16.5. The van der Waals surface area contributed by atoms with Gasteiger partial charge < -0.3 is 10.0 Å². The molecule has 2 rings (SSSR count). The molecule has 21 heavy (non-hydrogen) atoms. The Kier molecular flexibility index (Phi) is 5.15. The topological polar surface area (TPSA) is 66.3 Å². The van der Waals surface area contributed by atoms with Crippen molar-refractivity contribution in [3.63, 3.8) is 0 Å². The Morgan fingerprint density at radius 2 is 2.05 bits per heavy atom. The molecule has 0 bridgehead atoms. The summed E-state index contributed by atoms with van der Waals surface area (Å²) in [7, 11) is 0. The van der Waals surface area contributed by atoms with E-state index in [1.54, 1.807) is 0 Å². The minimum atomic E-state index is -0.674. The molecule has 5 nitrogen and oxygen atoms in total. The number of aromatic nitrogens is 2. The van der Waals surface area contributed by atoms with Crippen molar-refractivity contribution in [2.45, 2.75) is 52.4 Å². The van der Waals surface area contributed by atoms with E-state index in [-0.39, 0.29) is 5.92 Å². The summed E-state index contributed by atoms with van der Waals surface area (Å²) in [4.78, 5) is 22.5.